The first kappa shape index (κ1) is 15.7. The summed E-state index contributed by atoms with van der Waals surface area (Å²) in [5, 5.41) is 2.24. The zero-order valence-corrected chi connectivity index (χ0v) is 14.2. The molecule has 0 amide bonds. The van der Waals surface area contributed by atoms with E-state index in [2.05, 4.69) is 9.97 Å². The van der Waals surface area contributed by atoms with Crippen LogP contribution >= 0.6 is 46.4 Å². The predicted octanol–water partition coefficient (Wildman–Crippen LogP) is 6.28. The number of hydrogen-bond acceptors (Lipinski definition) is 1. The van der Waals surface area contributed by atoms with Gasteiger partial charge in [0.25, 0.3) is 0 Å². The molecule has 0 atom stereocenters. The van der Waals surface area contributed by atoms with Crippen LogP contribution in [0.1, 0.15) is 11.4 Å². The zero-order chi connectivity index (χ0) is 15.7. The van der Waals surface area contributed by atoms with Crippen LogP contribution in [-0.2, 0) is 6.42 Å². The van der Waals surface area contributed by atoms with Crippen molar-refractivity contribution in [3.8, 4) is 11.3 Å². The van der Waals surface area contributed by atoms with Gasteiger partial charge in [0.2, 0.25) is 0 Å². The van der Waals surface area contributed by atoms with E-state index in [0.717, 1.165) is 22.6 Å². The Morgan fingerprint density at radius 1 is 0.955 bits per heavy atom. The summed E-state index contributed by atoms with van der Waals surface area (Å²) in [5.74, 6) is 0.783. The number of benzene rings is 2. The molecular weight excluding hydrogens is 362 g/mol. The third kappa shape index (κ3) is 3.26. The minimum atomic E-state index is 0.534. The van der Waals surface area contributed by atoms with Gasteiger partial charge < -0.3 is 4.98 Å². The minimum absolute atomic E-state index is 0.534. The Hall–Kier alpha value is -1.19. The molecule has 0 spiro atoms. The van der Waals surface area contributed by atoms with Crippen molar-refractivity contribution in [1.82, 2.24) is 9.97 Å². The second-order valence-corrected chi connectivity index (χ2v) is 6.38. The fraction of sp³-hybridized carbons (Fsp3) is 0.0625. The molecule has 0 unspecified atom stereocenters. The number of hydrogen-bond donors (Lipinski definition) is 1. The summed E-state index contributed by atoms with van der Waals surface area (Å²) < 4.78 is 0. The van der Waals surface area contributed by atoms with E-state index < -0.39 is 0 Å². The molecule has 0 saturated carbocycles. The highest BCUT2D eigenvalue weighted by Crippen LogP contribution is 2.30. The molecule has 112 valence electrons. The molecule has 22 heavy (non-hydrogen) atoms. The first-order valence-corrected chi connectivity index (χ1v) is 7.98. The van der Waals surface area contributed by atoms with Crippen molar-refractivity contribution in [3.05, 3.63) is 74.1 Å². The fourth-order valence-corrected chi connectivity index (χ4v) is 3.04. The molecule has 0 saturated heterocycles. The van der Waals surface area contributed by atoms with E-state index in [9.17, 15) is 0 Å². The van der Waals surface area contributed by atoms with Gasteiger partial charge in [0, 0.05) is 23.2 Å². The fourth-order valence-electron chi connectivity index (χ4n) is 2.15. The summed E-state index contributed by atoms with van der Waals surface area (Å²) in [5.41, 5.74) is 2.50. The lowest BCUT2D eigenvalue weighted by Gasteiger charge is -2.03. The van der Waals surface area contributed by atoms with E-state index >= 15 is 0 Å². The van der Waals surface area contributed by atoms with Gasteiger partial charge in [-0.05, 0) is 29.8 Å². The number of imidazole rings is 1. The number of nitrogens with one attached hydrogen (secondary N) is 1. The highest BCUT2D eigenvalue weighted by atomic mass is 35.5. The van der Waals surface area contributed by atoms with Crippen molar-refractivity contribution in [2.45, 2.75) is 6.42 Å². The maximum absolute atomic E-state index is 6.20. The van der Waals surface area contributed by atoms with E-state index in [-0.39, 0.29) is 0 Å². The summed E-state index contributed by atoms with van der Waals surface area (Å²) >= 11 is 24.3. The van der Waals surface area contributed by atoms with Gasteiger partial charge in [0.15, 0.2) is 0 Å². The molecule has 0 aliphatic carbocycles. The summed E-state index contributed by atoms with van der Waals surface area (Å²) in [6.07, 6.45) is 2.37. The molecule has 0 bridgehead atoms. The van der Waals surface area contributed by atoms with Gasteiger partial charge in [-0.2, -0.15) is 0 Å². The van der Waals surface area contributed by atoms with Crippen LogP contribution in [0.2, 0.25) is 20.1 Å². The van der Waals surface area contributed by atoms with Gasteiger partial charge in [-0.15, -0.1) is 0 Å². The SMILES string of the molecule is Clc1ccc(-c2c[nH]c(Cc3cccc(Cl)c3Cl)n2)c(Cl)c1. The highest BCUT2D eigenvalue weighted by Gasteiger charge is 2.11. The number of halogens is 4. The Labute approximate surface area is 148 Å². The van der Waals surface area contributed by atoms with Crippen molar-refractivity contribution >= 4 is 46.4 Å². The van der Waals surface area contributed by atoms with Crippen molar-refractivity contribution in [3.63, 3.8) is 0 Å². The number of aromatic nitrogens is 2. The summed E-state index contributed by atoms with van der Waals surface area (Å²) in [6, 6.07) is 10.9. The second kappa shape index (κ2) is 6.51. The summed E-state index contributed by atoms with van der Waals surface area (Å²) in [6.45, 7) is 0. The van der Waals surface area contributed by atoms with Crippen molar-refractivity contribution in [2.24, 2.45) is 0 Å². The molecule has 1 heterocycles. The Morgan fingerprint density at radius 3 is 2.55 bits per heavy atom. The van der Waals surface area contributed by atoms with Gasteiger partial charge in [-0.25, -0.2) is 4.98 Å². The van der Waals surface area contributed by atoms with Crippen molar-refractivity contribution in [2.75, 3.05) is 0 Å². The Bertz CT molecular complexity index is 827. The minimum Gasteiger partial charge on any atom is -0.348 e. The molecule has 6 heteroatoms. The van der Waals surface area contributed by atoms with E-state index in [1.54, 1.807) is 18.2 Å². The van der Waals surface area contributed by atoms with E-state index in [0.29, 0.717) is 26.5 Å². The summed E-state index contributed by atoms with van der Waals surface area (Å²) in [4.78, 5) is 7.69. The van der Waals surface area contributed by atoms with Crippen LogP contribution in [0, 0.1) is 0 Å². The Kier molecular flexibility index (Phi) is 4.65. The maximum atomic E-state index is 6.20. The lowest BCUT2D eigenvalue weighted by Crippen LogP contribution is -1.92. The van der Waals surface area contributed by atoms with E-state index in [1.165, 1.54) is 0 Å². The van der Waals surface area contributed by atoms with Crippen LogP contribution in [0.25, 0.3) is 11.3 Å². The number of H-pyrrole nitrogens is 1. The predicted molar refractivity (Wildman–Crippen MR) is 93.3 cm³/mol. The van der Waals surface area contributed by atoms with Crippen LogP contribution in [0.15, 0.2) is 42.6 Å². The topological polar surface area (TPSA) is 28.7 Å². The molecule has 0 aliphatic heterocycles. The molecule has 2 nitrogen and oxygen atoms in total. The number of aromatic amines is 1. The third-order valence-corrected chi connectivity index (χ3v) is 4.63. The van der Waals surface area contributed by atoms with Crippen LogP contribution in [0.3, 0.4) is 0 Å². The highest BCUT2D eigenvalue weighted by molar-refractivity contribution is 6.42. The zero-order valence-electron chi connectivity index (χ0n) is 11.2. The van der Waals surface area contributed by atoms with Gasteiger partial charge in [-0.1, -0.05) is 58.5 Å². The molecule has 0 aliphatic rings. The van der Waals surface area contributed by atoms with Gasteiger partial charge >= 0.3 is 0 Å². The van der Waals surface area contributed by atoms with Crippen molar-refractivity contribution < 1.29 is 0 Å². The molecule has 0 radical (unpaired) electrons. The van der Waals surface area contributed by atoms with Gasteiger partial charge in [0.05, 0.1) is 20.8 Å². The molecule has 0 fully saturated rings. The summed E-state index contributed by atoms with van der Waals surface area (Å²) in [7, 11) is 0. The smallest absolute Gasteiger partial charge is 0.111 e. The van der Waals surface area contributed by atoms with E-state index in [4.69, 9.17) is 46.4 Å². The molecule has 1 N–H and O–H groups in total. The van der Waals surface area contributed by atoms with Crippen LogP contribution in [0.4, 0.5) is 0 Å². The largest absolute Gasteiger partial charge is 0.348 e. The molecule has 1 aromatic heterocycles. The monoisotopic (exact) mass is 370 g/mol. The lowest BCUT2D eigenvalue weighted by molar-refractivity contribution is 1.03. The number of rotatable bonds is 3. The molecule has 3 rings (SSSR count). The van der Waals surface area contributed by atoms with Crippen molar-refractivity contribution in [1.29, 1.82) is 0 Å². The Morgan fingerprint density at radius 2 is 1.77 bits per heavy atom. The van der Waals surface area contributed by atoms with Gasteiger partial charge in [0.1, 0.15) is 5.82 Å². The Balaban J connectivity index is 1.89. The molecule has 3 aromatic rings. The lowest BCUT2D eigenvalue weighted by atomic mass is 10.1. The first-order valence-electron chi connectivity index (χ1n) is 6.47. The maximum Gasteiger partial charge on any atom is 0.111 e. The van der Waals surface area contributed by atoms with Crippen LogP contribution < -0.4 is 0 Å². The molecular formula is C16H10Cl4N2. The standard InChI is InChI=1S/C16H10Cl4N2/c17-10-4-5-11(13(19)7-10)14-8-21-15(22-14)6-9-2-1-3-12(18)16(9)20/h1-5,7-8H,6H2,(H,21,22). The average Bonchev–Trinajstić information content (AvgIpc) is 2.92. The normalized spacial score (nSPS) is 10.9. The number of nitrogens with zero attached hydrogens (tertiary/aromatic N) is 1. The quantitative estimate of drug-likeness (QED) is 0.576. The van der Waals surface area contributed by atoms with E-state index in [1.807, 2.05) is 24.4 Å². The molecule has 2 aromatic carbocycles. The average molecular weight is 372 g/mol. The van der Waals surface area contributed by atoms with Crippen LogP contribution in [-0.4, -0.2) is 9.97 Å². The third-order valence-electron chi connectivity index (χ3n) is 3.23. The second-order valence-electron chi connectivity index (χ2n) is 4.75. The van der Waals surface area contributed by atoms with Gasteiger partial charge in [-0.3, -0.25) is 0 Å². The van der Waals surface area contributed by atoms with Crippen LogP contribution in [0.5, 0.6) is 0 Å². The first-order chi connectivity index (χ1) is 10.5.